The van der Waals surface area contributed by atoms with E-state index in [2.05, 4.69) is 29.0 Å². The van der Waals surface area contributed by atoms with Crippen molar-refractivity contribution < 1.29 is 4.79 Å². The third-order valence-electron chi connectivity index (χ3n) is 3.28. The van der Waals surface area contributed by atoms with Gasteiger partial charge in [0.05, 0.1) is 0 Å². The minimum Gasteiger partial charge on any atom is -0.355 e. The van der Waals surface area contributed by atoms with Crippen molar-refractivity contribution in [3.05, 3.63) is 57.3 Å². The second-order valence-corrected chi connectivity index (χ2v) is 5.60. The number of carbonyl (C=O) groups is 1. The molecule has 1 aromatic carbocycles. The Bertz CT molecular complexity index is 560. The van der Waals surface area contributed by atoms with Crippen LogP contribution in [0.15, 0.2) is 35.7 Å². The standard InChI is InChI=1S/C16H20N2OS/c1-3-13-8-9-20-15(13)11-18-10-12-4-6-14(7-5-12)16(19)17-2/h4-9,18H,3,10-11H2,1-2H3,(H,17,19). The maximum atomic E-state index is 11.4. The summed E-state index contributed by atoms with van der Waals surface area (Å²) >= 11 is 1.80. The largest absolute Gasteiger partial charge is 0.355 e. The van der Waals surface area contributed by atoms with Crippen molar-refractivity contribution >= 4 is 17.2 Å². The zero-order valence-corrected chi connectivity index (χ0v) is 12.7. The van der Waals surface area contributed by atoms with Gasteiger partial charge in [-0.15, -0.1) is 11.3 Å². The Labute approximate surface area is 124 Å². The smallest absolute Gasteiger partial charge is 0.251 e. The van der Waals surface area contributed by atoms with E-state index in [-0.39, 0.29) is 5.91 Å². The van der Waals surface area contributed by atoms with Crippen molar-refractivity contribution in [3.63, 3.8) is 0 Å². The fourth-order valence-corrected chi connectivity index (χ4v) is 3.02. The van der Waals surface area contributed by atoms with E-state index in [0.717, 1.165) is 19.5 Å². The van der Waals surface area contributed by atoms with Crippen molar-refractivity contribution in [1.82, 2.24) is 10.6 Å². The summed E-state index contributed by atoms with van der Waals surface area (Å²) in [5.41, 5.74) is 3.31. The fraction of sp³-hybridized carbons (Fsp3) is 0.312. The van der Waals surface area contributed by atoms with Gasteiger partial charge in [0.1, 0.15) is 0 Å². The molecule has 0 saturated carbocycles. The SMILES string of the molecule is CCc1ccsc1CNCc1ccc(C(=O)NC)cc1. The summed E-state index contributed by atoms with van der Waals surface area (Å²) in [4.78, 5) is 12.9. The van der Waals surface area contributed by atoms with Crippen molar-refractivity contribution in [3.8, 4) is 0 Å². The monoisotopic (exact) mass is 288 g/mol. The lowest BCUT2D eigenvalue weighted by atomic mass is 10.1. The average Bonchev–Trinajstić information content (AvgIpc) is 2.94. The number of hydrogen-bond acceptors (Lipinski definition) is 3. The third kappa shape index (κ3) is 3.68. The van der Waals surface area contributed by atoms with Gasteiger partial charge in [-0.25, -0.2) is 0 Å². The number of aryl methyl sites for hydroxylation is 1. The highest BCUT2D eigenvalue weighted by Gasteiger charge is 2.03. The lowest BCUT2D eigenvalue weighted by molar-refractivity contribution is 0.0963. The molecule has 1 amide bonds. The molecule has 3 nitrogen and oxygen atoms in total. The zero-order chi connectivity index (χ0) is 14.4. The van der Waals surface area contributed by atoms with Crippen LogP contribution in [-0.2, 0) is 19.5 Å². The first-order valence-corrected chi connectivity index (χ1v) is 7.69. The highest BCUT2D eigenvalue weighted by Crippen LogP contribution is 2.17. The quantitative estimate of drug-likeness (QED) is 0.858. The molecule has 0 saturated heterocycles. The lowest BCUT2D eigenvalue weighted by Gasteiger charge is -2.06. The van der Waals surface area contributed by atoms with Gasteiger partial charge in [-0.3, -0.25) is 4.79 Å². The van der Waals surface area contributed by atoms with Crippen LogP contribution >= 0.6 is 11.3 Å². The van der Waals surface area contributed by atoms with Crippen LogP contribution in [-0.4, -0.2) is 13.0 Å². The predicted octanol–water partition coefficient (Wildman–Crippen LogP) is 2.96. The summed E-state index contributed by atoms with van der Waals surface area (Å²) in [6, 6.07) is 9.90. The first kappa shape index (κ1) is 14.8. The molecule has 2 N–H and O–H groups in total. The highest BCUT2D eigenvalue weighted by molar-refractivity contribution is 7.10. The van der Waals surface area contributed by atoms with Crippen LogP contribution in [0.25, 0.3) is 0 Å². The van der Waals surface area contributed by atoms with Crippen molar-refractivity contribution in [2.24, 2.45) is 0 Å². The van der Waals surface area contributed by atoms with E-state index in [0.29, 0.717) is 5.56 Å². The van der Waals surface area contributed by atoms with Crippen LogP contribution in [0.3, 0.4) is 0 Å². The molecule has 0 radical (unpaired) electrons. The average molecular weight is 288 g/mol. The topological polar surface area (TPSA) is 41.1 Å². The Hall–Kier alpha value is -1.65. The van der Waals surface area contributed by atoms with E-state index < -0.39 is 0 Å². The molecular formula is C16H20N2OS. The second-order valence-electron chi connectivity index (χ2n) is 4.60. The molecule has 1 heterocycles. The first-order chi connectivity index (χ1) is 9.74. The van der Waals surface area contributed by atoms with E-state index in [9.17, 15) is 4.79 Å². The van der Waals surface area contributed by atoms with Gasteiger partial charge in [0.25, 0.3) is 5.91 Å². The normalized spacial score (nSPS) is 10.5. The Morgan fingerprint density at radius 3 is 2.55 bits per heavy atom. The molecular weight excluding hydrogens is 268 g/mol. The number of thiophene rings is 1. The summed E-state index contributed by atoms with van der Waals surface area (Å²) in [6.45, 7) is 3.90. The van der Waals surface area contributed by atoms with Gasteiger partial charge in [0.2, 0.25) is 0 Å². The number of nitrogens with one attached hydrogen (secondary N) is 2. The Morgan fingerprint density at radius 1 is 1.15 bits per heavy atom. The van der Waals surface area contributed by atoms with Gasteiger partial charge >= 0.3 is 0 Å². The van der Waals surface area contributed by atoms with Crippen LogP contribution in [0.5, 0.6) is 0 Å². The zero-order valence-electron chi connectivity index (χ0n) is 11.9. The summed E-state index contributed by atoms with van der Waals surface area (Å²) in [5, 5.41) is 8.22. The van der Waals surface area contributed by atoms with E-state index in [1.54, 1.807) is 18.4 Å². The van der Waals surface area contributed by atoms with Crippen LogP contribution in [0, 0.1) is 0 Å². The predicted molar refractivity (Wildman–Crippen MR) is 84.1 cm³/mol. The molecule has 0 fully saturated rings. The van der Waals surface area contributed by atoms with Crippen LogP contribution in [0.4, 0.5) is 0 Å². The van der Waals surface area contributed by atoms with Gasteiger partial charge in [-0.2, -0.15) is 0 Å². The van der Waals surface area contributed by atoms with Gasteiger partial charge in [-0.1, -0.05) is 19.1 Å². The molecule has 0 aliphatic carbocycles. The summed E-state index contributed by atoms with van der Waals surface area (Å²) in [7, 11) is 1.64. The highest BCUT2D eigenvalue weighted by atomic mass is 32.1. The fourth-order valence-electron chi connectivity index (χ4n) is 2.08. The molecule has 0 aliphatic rings. The number of benzene rings is 1. The molecule has 1 aromatic heterocycles. The van der Waals surface area contributed by atoms with Crippen molar-refractivity contribution in [2.75, 3.05) is 7.05 Å². The van der Waals surface area contributed by atoms with Gasteiger partial charge < -0.3 is 10.6 Å². The van der Waals surface area contributed by atoms with Gasteiger partial charge in [0.15, 0.2) is 0 Å². The van der Waals surface area contributed by atoms with Crippen LogP contribution in [0.2, 0.25) is 0 Å². The van der Waals surface area contributed by atoms with E-state index >= 15 is 0 Å². The molecule has 0 bridgehead atoms. The number of hydrogen-bond donors (Lipinski definition) is 2. The minimum absolute atomic E-state index is 0.0457. The molecule has 0 aliphatic heterocycles. The molecule has 2 aromatic rings. The van der Waals surface area contributed by atoms with E-state index in [1.165, 1.54) is 16.0 Å². The van der Waals surface area contributed by atoms with Crippen LogP contribution in [0.1, 0.15) is 33.3 Å². The van der Waals surface area contributed by atoms with E-state index in [1.807, 2.05) is 24.3 Å². The Morgan fingerprint density at radius 2 is 1.90 bits per heavy atom. The lowest BCUT2D eigenvalue weighted by Crippen LogP contribution is -2.18. The third-order valence-corrected chi connectivity index (χ3v) is 4.24. The molecule has 0 unspecified atom stereocenters. The van der Waals surface area contributed by atoms with Crippen molar-refractivity contribution in [1.29, 1.82) is 0 Å². The molecule has 4 heteroatoms. The van der Waals surface area contributed by atoms with Gasteiger partial charge in [0, 0.05) is 30.6 Å². The molecule has 106 valence electrons. The minimum atomic E-state index is -0.0457. The summed E-state index contributed by atoms with van der Waals surface area (Å²) < 4.78 is 0. The number of rotatable bonds is 6. The van der Waals surface area contributed by atoms with E-state index in [4.69, 9.17) is 0 Å². The summed E-state index contributed by atoms with van der Waals surface area (Å²) in [5.74, 6) is -0.0457. The van der Waals surface area contributed by atoms with Crippen LogP contribution < -0.4 is 10.6 Å². The Kier molecular flexibility index (Phi) is 5.32. The molecule has 0 spiro atoms. The second kappa shape index (κ2) is 7.22. The molecule has 20 heavy (non-hydrogen) atoms. The van der Waals surface area contributed by atoms with Gasteiger partial charge in [-0.05, 0) is 41.1 Å². The molecule has 2 rings (SSSR count). The molecule has 0 atom stereocenters. The van der Waals surface area contributed by atoms with Crippen molar-refractivity contribution in [2.45, 2.75) is 26.4 Å². The first-order valence-electron chi connectivity index (χ1n) is 6.81. The number of carbonyl (C=O) groups excluding carboxylic acids is 1. The maximum Gasteiger partial charge on any atom is 0.251 e. The Balaban J connectivity index is 1.87. The summed E-state index contributed by atoms with van der Waals surface area (Å²) in [6.07, 6.45) is 1.08. The number of amides is 1. The maximum absolute atomic E-state index is 11.4.